The minimum Gasteiger partial charge on any atom is -0.311 e. The van der Waals surface area contributed by atoms with Crippen LogP contribution in [0.25, 0.3) is 10.2 Å². The third-order valence-electron chi connectivity index (χ3n) is 2.37. The van der Waals surface area contributed by atoms with Crippen LogP contribution in [0.2, 0.25) is 0 Å². The SMILES string of the molecule is CCC(NC)c1nc2ccccc2s1. The van der Waals surface area contributed by atoms with Crippen molar-refractivity contribution < 1.29 is 0 Å². The Kier molecular flexibility index (Phi) is 2.79. The Morgan fingerprint density at radius 2 is 2.21 bits per heavy atom. The van der Waals surface area contributed by atoms with E-state index in [1.54, 1.807) is 11.3 Å². The molecule has 2 aromatic rings. The quantitative estimate of drug-likeness (QED) is 0.835. The summed E-state index contributed by atoms with van der Waals surface area (Å²) in [5.41, 5.74) is 1.11. The molecule has 0 aliphatic rings. The number of nitrogens with zero attached hydrogens (tertiary/aromatic N) is 1. The summed E-state index contributed by atoms with van der Waals surface area (Å²) in [6.45, 7) is 2.17. The first-order valence-corrected chi connectivity index (χ1v) is 5.69. The van der Waals surface area contributed by atoms with Crippen molar-refractivity contribution in [2.75, 3.05) is 7.05 Å². The van der Waals surface area contributed by atoms with Crippen molar-refractivity contribution in [3.8, 4) is 0 Å². The lowest BCUT2D eigenvalue weighted by molar-refractivity contribution is 0.574. The zero-order valence-electron chi connectivity index (χ0n) is 8.45. The lowest BCUT2D eigenvalue weighted by Crippen LogP contribution is -2.14. The molecular formula is C11H14N2S. The lowest BCUT2D eigenvalue weighted by Gasteiger charge is -2.08. The Hall–Kier alpha value is -0.930. The van der Waals surface area contributed by atoms with Gasteiger partial charge >= 0.3 is 0 Å². The first kappa shape index (κ1) is 9.62. The molecule has 0 aliphatic carbocycles. The zero-order chi connectivity index (χ0) is 9.97. The zero-order valence-corrected chi connectivity index (χ0v) is 9.27. The van der Waals surface area contributed by atoms with Gasteiger partial charge in [-0.2, -0.15) is 0 Å². The van der Waals surface area contributed by atoms with Crippen LogP contribution >= 0.6 is 11.3 Å². The molecule has 74 valence electrons. The molecule has 2 rings (SSSR count). The van der Waals surface area contributed by atoms with E-state index in [-0.39, 0.29) is 0 Å². The Balaban J connectivity index is 2.43. The van der Waals surface area contributed by atoms with Gasteiger partial charge in [0.05, 0.1) is 16.3 Å². The molecule has 1 N–H and O–H groups in total. The maximum atomic E-state index is 4.61. The highest BCUT2D eigenvalue weighted by Crippen LogP contribution is 2.27. The molecule has 0 fully saturated rings. The van der Waals surface area contributed by atoms with Crippen LogP contribution in [0, 0.1) is 0 Å². The molecule has 1 unspecified atom stereocenters. The summed E-state index contributed by atoms with van der Waals surface area (Å²) in [5, 5.41) is 4.47. The van der Waals surface area contributed by atoms with Gasteiger partial charge in [-0.25, -0.2) is 4.98 Å². The van der Waals surface area contributed by atoms with Crippen molar-refractivity contribution in [3.63, 3.8) is 0 Å². The van der Waals surface area contributed by atoms with E-state index in [0.717, 1.165) is 11.9 Å². The standard InChI is InChI=1S/C11H14N2S/c1-3-8(12-2)11-13-9-6-4-5-7-10(9)14-11/h4-8,12H,3H2,1-2H3. The van der Waals surface area contributed by atoms with Gasteiger partial charge in [-0.1, -0.05) is 19.1 Å². The average Bonchev–Trinajstić information content (AvgIpc) is 2.63. The average molecular weight is 206 g/mol. The van der Waals surface area contributed by atoms with Crippen LogP contribution in [0.5, 0.6) is 0 Å². The summed E-state index contributed by atoms with van der Waals surface area (Å²) in [5.74, 6) is 0. The van der Waals surface area contributed by atoms with Crippen molar-refractivity contribution in [3.05, 3.63) is 29.3 Å². The van der Waals surface area contributed by atoms with E-state index in [4.69, 9.17) is 0 Å². The molecular weight excluding hydrogens is 192 g/mol. The maximum Gasteiger partial charge on any atom is 0.111 e. The minimum atomic E-state index is 0.396. The number of hydrogen-bond acceptors (Lipinski definition) is 3. The number of fused-ring (bicyclic) bond motifs is 1. The second-order valence-electron chi connectivity index (χ2n) is 3.27. The Labute approximate surface area is 88.0 Å². The van der Waals surface area contributed by atoms with E-state index in [1.165, 1.54) is 9.71 Å². The molecule has 0 amide bonds. The highest BCUT2D eigenvalue weighted by Gasteiger charge is 2.11. The van der Waals surface area contributed by atoms with Crippen LogP contribution in [0.4, 0.5) is 0 Å². The molecule has 0 saturated carbocycles. The molecule has 1 heterocycles. The van der Waals surface area contributed by atoms with Gasteiger partial charge in [-0.15, -0.1) is 11.3 Å². The molecule has 1 aromatic carbocycles. The molecule has 0 aliphatic heterocycles. The summed E-state index contributed by atoms with van der Waals surface area (Å²) in [6.07, 6.45) is 1.08. The van der Waals surface area contributed by atoms with E-state index in [0.29, 0.717) is 6.04 Å². The number of nitrogens with one attached hydrogen (secondary N) is 1. The second kappa shape index (κ2) is 4.07. The molecule has 14 heavy (non-hydrogen) atoms. The van der Waals surface area contributed by atoms with E-state index < -0.39 is 0 Å². The molecule has 0 spiro atoms. The van der Waals surface area contributed by atoms with E-state index in [2.05, 4.69) is 35.4 Å². The maximum absolute atomic E-state index is 4.61. The van der Waals surface area contributed by atoms with Gasteiger partial charge < -0.3 is 5.32 Å². The highest BCUT2D eigenvalue weighted by atomic mass is 32.1. The van der Waals surface area contributed by atoms with Crippen LogP contribution in [0.1, 0.15) is 24.4 Å². The molecule has 1 atom stereocenters. The van der Waals surface area contributed by atoms with Gasteiger partial charge in [0.15, 0.2) is 0 Å². The predicted molar refractivity (Wildman–Crippen MR) is 61.7 cm³/mol. The lowest BCUT2D eigenvalue weighted by atomic mass is 10.2. The minimum absolute atomic E-state index is 0.396. The van der Waals surface area contributed by atoms with E-state index in [9.17, 15) is 0 Å². The second-order valence-corrected chi connectivity index (χ2v) is 4.33. The Bertz CT molecular complexity index is 385. The van der Waals surface area contributed by atoms with Gasteiger partial charge in [0, 0.05) is 0 Å². The third-order valence-corrected chi connectivity index (χ3v) is 3.52. The fraction of sp³-hybridized carbons (Fsp3) is 0.364. The first-order chi connectivity index (χ1) is 6.85. The third kappa shape index (κ3) is 1.65. The topological polar surface area (TPSA) is 24.9 Å². The number of aromatic nitrogens is 1. The van der Waals surface area contributed by atoms with E-state index >= 15 is 0 Å². The summed E-state index contributed by atoms with van der Waals surface area (Å²) in [7, 11) is 1.99. The number of thiazole rings is 1. The summed E-state index contributed by atoms with van der Waals surface area (Å²) in [4.78, 5) is 4.61. The number of benzene rings is 1. The molecule has 0 bridgehead atoms. The van der Waals surface area contributed by atoms with Gasteiger partial charge in [-0.3, -0.25) is 0 Å². The van der Waals surface area contributed by atoms with Gasteiger partial charge in [0.25, 0.3) is 0 Å². The Morgan fingerprint density at radius 3 is 2.86 bits per heavy atom. The van der Waals surface area contributed by atoms with Crippen molar-refractivity contribution in [1.82, 2.24) is 10.3 Å². The van der Waals surface area contributed by atoms with Gasteiger partial charge in [0.2, 0.25) is 0 Å². The van der Waals surface area contributed by atoms with Crippen molar-refractivity contribution in [1.29, 1.82) is 0 Å². The highest BCUT2D eigenvalue weighted by molar-refractivity contribution is 7.18. The summed E-state index contributed by atoms with van der Waals surface area (Å²) < 4.78 is 1.27. The number of para-hydroxylation sites is 1. The van der Waals surface area contributed by atoms with Crippen molar-refractivity contribution in [2.24, 2.45) is 0 Å². The molecule has 0 saturated heterocycles. The smallest absolute Gasteiger partial charge is 0.111 e. The molecule has 3 heteroatoms. The fourth-order valence-electron chi connectivity index (χ4n) is 1.54. The normalized spacial score (nSPS) is 13.3. The Morgan fingerprint density at radius 1 is 1.43 bits per heavy atom. The summed E-state index contributed by atoms with van der Waals surface area (Å²) >= 11 is 1.78. The van der Waals surface area contributed by atoms with Crippen molar-refractivity contribution >= 4 is 21.6 Å². The van der Waals surface area contributed by atoms with Crippen LogP contribution in [0.15, 0.2) is 24.3 Å². The molecule has 1 aromatic heterocycles. The predicted octanol–water partition coefficient (Wildman–Crippen LogP) is 2.97. The van der Waals surface area contributed by atoms with Crippen LogP contribution < -0.4 is 5.32 Å². The monoisotopic (exact) mass is 206 g/mol. The first-order valence-electron chi connectivity index (χ1n) is 4.88. The van der Waals surface area contributed by atoms with Crippen LogP contribution in [-0.2, 0) is 0 Å². The van der Waals surface area contributed by atoms with E-state index in [1.807, 2.05) is 13.1 Å². The number of rotatable bonds is 3. The number of hydrogen-bond donors (Lipinski definition) is 1. The summed E-state index contributed by atoms with van der Waals surface area (Å²) in [6, 6.07) is 8.68. The molecule has 0 radical (unpaired) electrons. The van der Waals surface area contributed by atoms with Crippen LogP contribution in [0.3, 0.4) is 0 Å². The molecule has 2 nitrogen and oxygen atoms in total. The fourth-order valence-corrected chi connectivity index (χ4v) is 2.70. The van der Waals surface area contributed by atoms with Crippen LogP contribution in [-0.4, -0.2) is 12.0 Å². The largest absolute Gasteiger partial charge is 0.311 e. The van der Waals surface area contributed by atoms with Gasteiger partial charge in [-0.05, 0) is 25.6 Å². The van der Waals surface area contributed by atoms with Gasteiger partial charge in [0.1, 0.15) is 5.01 Å². The van der Waals surface area contributed by atoms with Crippen molar-refractivity contribution in [2.45, 2.75) is 19.4 Å².